The van der Waals surface area contributed by atoms with Gasteiger partial charge in [-0.25, -0.2) is 0 Å². The summed E-state index contributed by atoms with van der Waals surface area (Å²) in [5.41, 5.74) is 6.21. The smallest absolute Gasteiger partial charge is 0.254 e. The lowest BCUT2D eigenvalue weighted by molar-refractivity contribution is 0.0450. The highest BCUT2D eigenvalue weighted by atomic mass is 16.5. The van der Waals surface area contributed by atoms with E-state index in [-0.39, 0.29) is 5.91 Å². The van der Waals surface area contributed by atoms with Gasteiger partial charge in [0.25, 0.3) is 5.91 Å². The number of hydrogen-bond acceptors (Lipinski definition) is 3. The lowest BCUT2D eigenvalue weighted by atomic mass is 9.98. The number of nitrogens with zero attached hydrogens (tertiary/aromatic N) is 1. The average molecular weight is 234 g/mol. The fourth-order valence-electron chi connectivity index (χ4n) is 2.12. The molecule has 2 rings (SSSR count). The van der Waals surface area contributed by atoms with E-state index in [9.17, 15) is 4.79 Å². The molecule has 1 amide bonds. The van der Waals surface area contributed by atoms with Gasteiger partial charge in [-0.2, -0.15) is 0 Å². The lowest BCUT2D eigenvalue weighted by Crippen LogP contribution is -2.51. The number of rotatable bonds is 4. The van der Waals surface area contributed by atoms with E-state index in [0.717, 1.165) is 19.4 Å². The molecular weight excluding hydrogens is 216 g/mol. The molecule has 92 valence electrons. The third-order valence-corrected chi connectivity index (χ3v) is 3.22. The SMILES string of the molecule is COc1cccc(C(=O)N2CCC2CCN)c1. The number of carbonyl (C=O) groups excluding carboxylic acids is 1. The van der Waals surface area contributed by atoms with Crippen LogP contribution in [0.3, 0.4) is 0 Å². The van der Waals surface area contributed by atoms with Crippen molar-refractivity contribution in [1.82, 2.24) is 4.90 Å². The van der Waals surface area contributed by atoms with E-state index in [0.29, 0.717) is 23.9 Å². The molecule has 1 fully saturated rings. The molecular formula is C13H18N2O2. The van der Waals surface area contributed by atoms with Gasteiger partial charge in [0.2, 0.25) is 0 Å². The van der Waals surface area contributed by atoms with Crippen LogP contribution < -0.4 is 10.5 Å². The molecule has 0 radical (unpaired) electrons. The number of methoxy groups -OCH3 is 1. The minimum absolute atomic E-state index is 0.0774. The number of ether oxygens (including phenoxy) is 1. The molecule has 1 saturated heterocycles. The van der Waals surface area contributed by atoms with Gasteiger partial charge in [-0.3, -0.25) is 4.79 Å². The van der Waals surface area contributed by atoms with Crippen LogP contribution in [0, 0.1) is 0 Å². The van der Waals surface area contributed by atoms with Crippen LogP contribution in [0.5, 0.6) is 5.75 Å². The summed E-state index contributed by atoms with van der Waals surface area (Å²) < 4.78 is 5.12. The molecule has 0 aromatic heterocycles. The van der Waals surface area contributed by atoms with Gasteiger partial charge in [0.05, 0.1) is 7.11 Å². The number of benzene rings is 1. The van der Waals surface area contributed by atoms with Crippen molar-refractivity contribution in [2.24, 2.45) is 5.73 Å². The van der Waals surface area contributed by atoms with Crippen LogP contribution in [0.25, 0.3) is 0 Å². The number of amides is 1. The Morgan fingerprint density at radius 2 is 2.41 bits per heavy atom. The zero-order valence-corrected chi connectivity index (χ0v) is 10.1. The molecule has 1 aromatic carbocycles. The van der Waals surface area contributed by atoms with Crippen LogP contribution in [-0.2, 0) is 0 Å². The summed E-state index contributed by atoms with van der Waals surface area (Å²) in [5, 5.41) is 0. The maximum atomic E-state index is 12.2. The Labute approximate surface area is 101 Å². The number of carbonyl (C=O) groups is 1. The molecule has 4 nitrogen and oxygen atoms in total. The first-order valence-electron chi connectivity index (χ1n) is 5.91. The van der Waals surface area contributed by atoms with Crippen molar-refractivity contribution in [3.63, 3.8) is 0 Å². The van der Waals surface area contributed by atoms with E-state index in [2.05, 4.69) is 0 Å². The molecule has 4 heteroatoms. The molecule has 0 aliphatic carbocycles. The zero-order valence-electron chi connectivity index (χ0n) is 10.1. The Morgan fingerprint density at radius 3 is 3.00 bits per heavy atom. The maximum absolute atomic E-state index is 12.2. The van der Waals surface area contributed by atoms with Gasteiger partial charge < -0.3 is 15.4 Å². The minimum Gasteiger partial charge on any atom is -0.497 e. The molecule has 1 aromatic rings. The van der Waals surface area contributed by atoms with Crippen molar-refractivity contribution in [2.45, 2.75) is 18.9 Å². The summed E-state index contributed by atoms with van der Waals surface area (Å²) in [6, 6.07) is 7.59. The van der Waals surface area contributed by atoms with E-state index in [4.69, 9.17) is 10.5 Å². The lowest BCUT2D eigenvalue weighted by Gasteiger charge is -2.41. The van der Waals surface area contributed by atoms with Crippen molar-refractivity contribution in [3.05, 3.63) is 29.8 Å². The second-order valence-electron chi connectivity index (χ2n) is 4.25. The fraction of sp³-hybridized carbons (Fsp3) is 0.462. The summed E-state index contributed by atoms with van der Waals surface area (Å²) in [5.74, 6) is 0.792. The number of hydrogen-bond donors (Lipinski definition) is 1. The molecule has 1 aliphatic rings. The Morgan fingerprint density at radius 1 is 1.59 bits per heavy atom. The third-order valence-electron chi connectivity index (χ3n) is 3.22. The van der Waals surface area contributed by atoms with Crippen LogP contribution >= 0.6 is 0 Å². The number of likely N-dealkylation sites (tertiary alicyclic amines) is 1. The van der Waals surface area contributed by atoms with Crippen LogP contribution in [-0.4, -0.2) is 37.0 Å². The van der Waals surface area contributed by atoms with Crippen molar-refractivity contribution in [2.75, 3.05) is 20.2 Å². The molecule has 1 heterocycles. The first kappa shape index (κ1) is 11.9. The van der Waals surface area contributed by atoms with E-state index >= 15 is 0 Å². The molecule has 1 atom stereocenters. The van der Waals surface area contributed by atoms with Gasteiger partial charge in [0.15, 0.2) is 0 Å². The first-order chi connectivity index (χ1) is 8.26. The second-order valence-corrected chi connectivity index (χ2v) is 4.25. The first-order valence-corrected chi connectivity index (χ1v) is 5.91. The minimum atomic E-state index is 0.0774. The Kier molecular flexibility index (Phi) is 3.64. The second kappa shape index (κ2) is 5.19. The largest absolute Gasteiger partial charge is 0.497 e. The van der Waals surface area contributed by atoms with E-state index in [1.54, 1.807) is 13.2 Å². The standard InChI is InChI=1S/C13H18N2O2/c1-17-12-4-2-3-10(9-12)13(16)15-8-6-11(15)5-7-14/h2-4,9,11H,5-8,14H2,1H3. The monoisotopic (exact) mass is 234 g/mol. The maximum Gasteiger partial charge on any atom is 0.254 e. The summed E-state index contributed by atoms with van der Waals surface area (Å²) in [6.07, 6.45) is 1.95. The summed E-state index contributed by atoms with van der Waals surface area (Å²) in [6.45, 7) is 1.47. The molecule has 1 unspecified atom stereocenters. The van der Waals surface area contributed by atoms with Gasteiger partial charge in [0, 0.05) is 18.2 Å². The van der Waals surface area contributed by atoms with Crippen molar-refractivity contribution < 1.29 is 9.53 Å². The van der Waals surface area contributed by atoms with Gasteiger partial charge in [-0.1, -0.05) is 6.07 Å². The quantitative estimate of drug-likeness (QED) is 0.853. The molecule has 2 N–H and O–H groups in total. The highest BCUT2D eigenvalue weighted by Gasteiger charge is 2.31. The van der Waals surface area contributed by atoms with Crippen molar-refractivity contribution >= 4 is 5.91 Å². The summed E-state index contributed by atoms with van der Waals surface area (Å²) >= 11 is 0. The Hall–Kier alpha value is -1.55. The van der Waals surface area contributed by atoms with E-state index in [1.807, 2.05) is 23.1 Å². The molecule has 0 saturated carbocycles. The Balaban J connectivity index is 2.08. The van der Waals surface area contributed by atoms with Crippen LogP contribution in [0.4, 0.5) is 0 Å². The van der Waals surface area contributed by atoms with Gasteiger partial charge in [-0.05, 0) is 37.6 Å². The zero-order chi connectivity index (χ0) is 12.3. The normalized spacial score (nSPS) is 18.7. The van der Waals surface area contributed by atoms with Crippen LogP contribution in [0.15, 0.2) is 24.3 Å². The predicted octanol–water partition coefficient (Wildman–Crippen LogP) is 1.26. The topological polar surface area (TPSA) is 55.6 Å². The molecule has 0 bridgehead atoms. The van der Waals surface area contributed by atoms with E-state index in [1.165, 1.54) is 0 Å². The summed E-state index contributed by atoms with van der Waals surface area (Å²) in [4.78, 5) is 14.1. The highest BCUT2D eigenvalue weighted by Crippen LogP contribution is 2.24. The van der Waals surface area contributed by atoms with Crippen molar-refractivity contribution in [3.8, 4) is 5.75 Å². The fourth-order valence-corrected chi connectivity index (χ4v) is 2.12. The van der Waals surface area contributed by atoms with Gasteiger partial charge >= 0.3 is 0 Å². The molecule has 17 heavy (non-hydrogen) atoms. The predicted molar refractivity (Wildman–Crippen MR) is 66.1 cm³/mol. The van der Waals surface area contributed by atoms with Gasteiger partial charge in [-0.15, -0.1) is 0 Å². The Bertz CT molecular complexity index is 406. The van der Waals surface area contributed by atoms with Crippen LogP contribution in [0.2, 0.25) is 0 Å². The van der Waals surface area contributed by atoms with E-state index < -0.39 is 0 Å². The third kappa shape index (κ3) is 2.42. The summed E-state index contributed by atoms with van der Waals surface area (Å²) in [7, 11) is 1.60. The van der Waals surface area contributed by atoms with Crippen molar-refractivity contribution in [1.29, 1.82) is 0 Å². The van der Waals surface area contributed by atoms with Gasteiger partial charge in [0.1, 0.15) is 5.75 Å². The highest BCUT2D eigenvalue weighted by molar-refractivity contribution is 5.95. The van der Waals surface area contributed by atoms with Crippen LogP contribution in [0.1, 0.15) is 23.2 Å². The average Bonchev–Trinajstić information content (AvgIpc) is 2.34. The molecule has 1 aliphatic heterocycles. The number of nitrogens with two attached hydrogens (primary N) is 1. The molecule has 0 spiro atoms.